The van der Waals surface area contributed by atoms with Crippen LogP contribution in [0.25, 0.3) is 0 Å². The largest absolute Gasteiger partial charge is 0.480 e. The molecule has 5 heteroatoms. The minimum absolute atomic E-state index is 0.131. The molecule has 1 aliphatic heterocycles. The predicted octanol–water partition coefficient (Wildman–Crippen LogP) is 1.43. The highest BCUT2D eigenvalue weighted by Crippen LogP contribution is 2.38. The quantitative estimate of drug-likeness (QED) is 0.722. The molecule has 2 atom stereocenters. The van der Waals surface area contributed by atoms with E-state index in [1.165, 1.54) is 0 Å². The van der Waals surface area contributed by atoms with Gasteiger partial charge in [0.05, 0.1) is 6.10 Å². The summed E-state index contributed by atoms with van der Waals surface area (Å²) >= 11 is 0. The van der Waals surface area contributed by atoms with Gasteiger partial charge in [-0.05, 0) is 18.1 Å². The molecule has 1 fully saturated rings. The summed E-state index contributed by atoms with van der Waals surface area (Å²) in [6.07, 6.45) is -0.150. The molecule has 0 aromatic carbocycles. The van der Waals surface area contributed by atoms with E-state index in [1.54, 1.807) is 0 Å². The lowest BCUT2D eigenvalue weighted by Gasteiger charge is -2.44. The second kappa shape index (κ2) is 3.88. The lowest BCUT2D eigenvalue weighted by Crippen LogP contribution is -2.65. The highest BCUT2D eigenvalue weighted by atomic mass is 28.4. The van der Waals surface area contributed by atoms with E-state index >= 15 is 0 Å². The van der Waals surface area contributed by atoms with E-state index < -0.39 is 20.3 Å². The highest BCUT2D eigenvalue weighted by molar-refractivity contribution is 6.74. The number of aliphatic carboxylic acids is 1. The summed E-state index contributed by atoms with van der Waals surface area (Å²) in [6.45, 7) is 11.4. The Morgan fingerprint density at radius 3 is 2.27 bits per heavy atom. The molecule has 0 radical (unpaired) electrons. The van der Waals surface area contributed by atoms with Crippen molar-refractivity contribution >= 4 is 14.3 Å². The molecule has 88 valence electrons. The van der Waals surface area contributed by atoms with E-state index in [0.717, 1.165) is 0 Å². The van der Waals surface area contributed by atoms with Gasteiger partial charge in [-0.15, -0.1) is 0 Å². The van der Waals surface area contributed by atoms with Crippen molar-refractivity contribution in [1.29, 1.82) is 0 Å². The van der Waals surface area contributed by atoms with Gasteiger partial charge in [-0.2, -0.15) is 0 Å². The van der Waals surface area contributed by atoms with Gasteiger partial charge >= 0.3 is 5.97 Å². The summed E-state index contributed by atoms with van der Waals surface area (Å²) in [7, 11) is -1.83. The van der Waals surface area contributed by atoms with Crippen molar-refractivity contribution in [2.75, 3.05) is 6.54 Å². The first-order chi connectivity index (χ1) is 6.65. The average Bonchev–Trinajstić information content (AvgIpc) is 1.94. The van der Waals surface area contributed by atoms with Crippen molar-refractivity contribution in [2.24, 2.45) is 0 Å². The smallest absolute Gasteiger partial charge is 0.323 e. The minimum Gasteiger partial charge on any atom is -0.480 e. The Balaban J connectivity index is 2.59. The average molecular weight is 231 g/mol. The van der Waals surface area contributed by atoms with Crippen molar-refractivity contribution in [3.63, 3.8) is 0 Å². The Bertz CT molecular complexity index is 260. The van der Waals surface area contributed by atoms with Crippen molar-refractivity contribution in [3.05, 3.63) is 0 Å². The lowest BCUT2D eigenvalue weighted by molar-refractivity contribution is -0.145. The molecule has 0 spiro atoms. The van der Waals surface area contributed by atoms with Crippen LogP contribution in [-0.4, -0.2) is 38.1 Å². The van der Waals surface area contributed by atoms with Crippen LogP contribution >= 0.6 is 0 Å². The van der Waals surface area contributed by atoms with E-state index in [9.17, 15) is 4.79 Å². The summed E-state index contributed by atoms with van der Waals surface area (Å²) < 4.78 is 6.01. The third kappa shape index (κ3) is 2.59. The SMILES string of the molecule is CC(C)(C)[Si](C)(C)O[C@H]1CN[C@@H]1C(=O)O. The summed E-state index contributed by atoms with van der Waals surface area (Å²) in [6, 6.07) is -0.515. The molecule has 1 heterocycles. The van der Waals surface area contributed by atoms with Gasteiger partial charge in [0.25, 0.3) is 0 Å². The van der Waals surface area contributed by atoms with Crippen LogP contribution in [0.15, 0.2) is 0 Å². The lowest BCUT2D eigenvalue weighted by atomic mass is 10.0. The van der Waals surface area contributed by atoms with Gasteiger partial charge in [-0.3, -0.25) is 10.1 Å². The van der Waals surface area contributed by atoms with E-state index in [0.29, 0.717) is 6.54 Å². The first kappa shape index (κ1) is 12.7. The van der Waals surface area contributed by atoms with Crippen LogP contribution in [0.5, 0.6) is 0 Å². The third-order valence-electron chi connectivity index (χ3n) is 3.43. The predicted molar refractivity (Wildman–Crippen MR) is 61.5 cm³/mol. The Morgan fingerprint density at radius 1 is 1.47 bits per heavy atom. The van der Waals surface area contributed by atoms with Crippen molar-refractivity contribution < 1.29 is 14.3 Å². The normalized spacial score (nSPS) is 27.3. The Labute approximate surface area is 92.1 Å². The highest BCUT2D eigenvalue weighted by Gasteiger charge is 2.45. The van der Waals surface area contributed by atoms with E-state index in [-0.39, 0.29) is 11.1 Å². The molecule has 4 nitrogen and oxygen atoms in total. The Morgan fingerprint density at radius 2 is 2.00 bits per heavy atom. The van der Waals surface area contributed by atoms with Gasteiger partial charge in [-0.25, -0.2) is 0 Å². The topological polar surface area (TPSA) is 58.6 Å². The molecule has 0 aliphatic carbocycles. The van der Waals surface area contributed by atoms with E-state index in [2.05, 4.69) is 39.2 Å². The number of carbonyl (C=O) groups is 1. The molecule has 0 saturated carbocycles. The van der Waals surface area contributed by atoms with Crippen LogP contribution in [0, 0.1) is 0 Å². The summed E-state index contributed by atoms with van der Waals surface area (Å²) in [4.78, 5) is 10.8. The van der Waals surface area contributed by atoms with Crippen LogP contribution in [0.1, 0.15) is 20.8 Å². The number of hydrogen-bond donors (Lipinski definition) is 2. The second-order valence-electron chi connectivity index (χ2n) is 5.64. The number of hydrogen-bond acceptors (Lipinski definition) is 3. The van der Waals surface area contributed by atoms with Gasteiger partial charge in [0.15, 0.2) is 8.32 Å². The molecule has 0 unspecified atom stereocenters. The summed E-state index contributed by atoms with van der Waals surface area (Å²) in [5, 5.41) is 11.9. The molecule has 0 bridgehead atoms. The minimum atomic E-state index is -1.83. The molecule has 2 N–H and O–H groups in total. The van der Waals surface area contributed by atoms with Crippen molar-refractivity contribution in [1.82, 2.24) is 5.32 Å². The Hall–Kier alpha value is -0.393. The zero-order chi connectivity index (χ0) is 11.9. The number of rotatable bonds is 3. The zero-order valence-electron chi connectivity index (χ0n) is 10.1. The maximum atomic E-state index is 10.8. The molecule has 1 rings (SSSR count). The van der Waals surface area contributed by atoms with Gasteiger partial charge < -0.3 is 9.53 Å². The van der Waals surface area contributed by atoms with Crippen molar-refractivity contribution in [2.45, 2.75) is 51.0 Å². The molecule has 1 saturated heterocycles. The van der Waals surface area contributed by atoms with Gasteiger partial charge in [0, 0.05) is 6.54 Å². The fourth-order valence-corrected chi connectivity index (χ4v) is 2.57. The summed E-state index contributed by atoms with van der Waals surface area (Å²) in [5.74, 6) is -0.815. The van der Waals surface area contributed by atoms with Crippen LogP contribution in [0.3, 0.4) is 0 Å². The molecule has 15 heavy (non-hydrogen) atoms. The van der Waals surface area contributed by atoms with Crippen LogP contribution in [0.2, 0.25) is 18.1 Å². The maximum absolute atomic E-state index is 10.8. The monoisotopic (exact) mass is 231 g/mol. The van der Waals surface area contributed by atoms with Crippen molar-refractivity contribution in [3.8, 4) is 0 Å². The standard InChI is InChI=1S/C10H21NO3Si/c1-10(2,3)15(4,5)14-7-6-11-8(7)9(12)13/h7-8,11H,6H2,1-5H3,(H,12,13)/t7-,8-/m0/s1. The second-order valence-corrected chi connectivity index (χ2v) is 10.4. The third-order valence-corrected chi connectivity index (χ3v) is 7.93. The van der Waals surface area contributed by atoms with Crippen LogP contribution < -0.4 is 5.32 Å². The zero-order valence-corrected chi connectivity index (χ0v) is 11.1. The molecule has 0 amide bonds. The first-order valence-corrected chi connectivity index (χ1v) is 8.20. The first-order valence-electron chi connectivity index (χ1n) is 5.29. The Kier molecular flexibility index (Phi) is 3.28. The van der Waals surface area contributed by atoms with Crippen LogP contribution in [-0.2, 0) is 9.22 Å². The molecule has 0 aromatic rings. The maximum Gasteiger partial charge on any atom is 0.323 e. The van der Waals surface area contributed by atoms with Gasteiger partial charge in [0.1, 0.15) is 6.04 Å². The molecule has 0 aromatic heterocycles. The number of carboxylic acids is 1. The molecular weight excluding hydrogens is 210 g/mol. The number of nitrogens with one attached hydrogen (secondary N) is 1. The fourth-order valence-electron chi connectivity index (χ4n) is 1.24. The van der Waals surface area contributed by atoms with Crippen LogP contribution in [0.4, 0.5) is 0 Å². The summed E-state index contributed by atoms with van der Waals surface area (Å²) in [5.41, 5.74) is 0. The molecule has 1 aliphatic rings. The van der Waals surface area contributed by atoms with E-state index in [4.69, 9.17) is 9.53 Å². The van der Waals surface area contributed by atoms with Gasteiger partial charge in [0.2, 0.25) is 0 Å². The molecular formula is C10H21NO3Si. The number of carboxylic acid groups (broad SMARTS) is 1. The fraction of sp³-hybridized carbons (Fsp3) is 0.900. The van der Waals surface area contributed by atoms with Gasteiger partial charge in [-0.1, -0.05) is 20.8 Å². The van der Waals surface area contributed by atoms with E-state index in [1.807, 2.05) is 0 Å².